The van der Waals surface area contributed by atoms with Crippen LogP contribution in [0.2, 0.25) is 0 Å². The topological polar surface area (TPSA) is 163 Å². The van der Waals surface area contributed by atoms with Crippen molar-refractivity contribution in [2.75, 3.05) is 19.6 Å². The summed E-state index contributed by atoms with van der Waals surface area (Å²) in [6.07, 6.45) is 0.774. The number of nitrogens with one attached hydrogen (secondary N) is 1. The molecule has 1 N–H and O–H groups in total. The monoisotopic (exact) mass is 394 g/mol. The minimum absolute atomic E-state index is 0.0344. The zero-order valence-electron chi connectivity index (χ0n) is 15.1. The van der Waals surface area contributed by atoms with Crippen LogP contribution in [0.4, 0.5) is 17.1 Å². The molecule has 0 heterocycles. The number of nitro groups is 2. The third kappa shape index (κ3) is 4.58. The van der Waals surface area contributed by atoms with Gasteiger partial charge in [-0.3, -0.25) is 35.2 Å². The molecule has 1 aromatic rings. The molecule has 12 nitrogen and oxygen atoms in total. The van der Waals surface area contributed by atoms with Gasteiger partial charge >= 0.3 is 17.6 Å². The lowest BCUT2D eigenvalue weighted by atomic mass is 9.78. The third-order valence-electron chi connectivity index (χ3n) is 4.42. The van der Waals surface area contributed by atoms with Crippen LogP contribution in [0.3, 0.4) is 0 Å². The van der Waals surface area contributed by atoms with Crippen LogP contribution < -0.4 is 5.43 Å². The van der Waals surface area contributed by atoms with Gasteiger partial charge < -0.3 is 9.47 Å². The van der Waals surface area contributed by atoms with Crippen molar-refractivity contribution in [2.45, 2.75) is 19.3 Å². The summed E-state index contributed by atoms with van der Waals surface area (Å²) >= 11 is 0. The first-order chi connectivity index (χ1) is 13.3. The molecule has 0 bridgehead atoms. The van der Waals surface area contributed by atoms with Crippen molar-refractivity contribution in [2.24, 2.45) is 16.9 Å². The Kier molecular flexibility index (Phi) is 6.58. The average molecular weight is 394 g/mol. The second kappa shape index (κ2) is 8.88. The first-order valence-electron chi connectivity index (χ1n) is 8.18. The molecule has 1 saturated carbocycles. The van der Waals surface area contributed by atoms with Gasteiger partial charge in [-0.25, -0.2) is 0 Å². The van der Waals surface area contributed by atoms with Crippen molar-refractivity contribution in [1.82, 2.24) is 0 Å². The van der Waals surface area contributed by atoms with E-state index in [1.807, 2.05) is 0 Å². The van der Waals surface area contributed by atoms with Crippen molar-refractivity contribution in [3.05, 3.63) is 38.4 Å². The molecule has 0 aliphatic heterocycles. The number of rotatable bonds is 6. The molecule has 2 unspecified atom stereocenters. The molecular formula is C16H18N4O8. The summed E-state index contributed by atoms with van der Waals surface area (Å²) < 4.78 is 9.46. The quantitative estimate of drug-likeness (QED) is 0.432. The van der Waals surface area contributed by atoms with Gasteiger partial charge in [0, 0.05) is 18.2 Å². The molecule has 150 valence electrons. The first-order valence-corrected chi connectivity index (χ1v) is 8.18. The van der Waals surface area contributed by atoms with Crippen LogP contribution in [0.15, 0.2) is 23.3 Å². The van der Waals surface area contributed by atoms with Crippen molar-refractivity contribution in [3.63, 3.8) is 0 Å². The van der Waals surface area contributed by atoms with E-state index in [0.29, 0.717) is 18.6 Å². The van der Waals surface area contributed by atoms with Gasteiger partial charge in [0.05, 0.1) is 42.0 Å². The SMILES string of the molecule is COC(=O)C1CC/C(=N\Nc2ccc([N+](=O)[O-])cc2[N+](=O)[O-])CC1C(=O)OC. The molecule has 0 saturated heterocycles. The lowest BCUT2D eigenvalue weighted by Crippen LogP contribution is -2.37. The maximum Gasteiger partial charge on any atom is 0.309 e. The lowest BCUT2D eigenvalue weighted by molar-refractivity contribution is -0.393. The summed E-state index contributed by atoms with van der Waals surface area (Å²) in [5.41, 5.74) is 2.06. The highest BCUT2D eigenvalue weighted by Crippen LogP contribution is 2.32. The summed E-state index contributed by atoms with van der Waals surface area (Å²) in [5.74, 6) is -2.54. The van der Waals surface area contributed by atoms with Crippen LogP contribution >= 0.6 is 0 Å². The van der Waals surface area contributed by atoms with Gasteiger partial charge in [-0.2, -0.15) is 5.10 Å². The Morgan fingerprint density at radius 2 is 1.75 bits per heavy atom. The number of hydrogen-bond acceptors (Lipinski definition) is 10. The number of non-ortho nitro benzene ring substituents is 1. The highest BCUT2D eigenvalue weighted by atomic mass is 16.6. The maximum absolute atomic E-state index is 12.0. The minimum Gasteiger partial charge on any atom is -0.469 e. The van der Waals surface area contributed by atoms with Crippen LogP contribution in [0.25, 0.3) is 0 Å². The van der Waals surface area contributed by atoms with E-state index in [1.54, 1.807) is 0 Å². The number of anilines is 1. The smallest absolute Gasteiger partial charge is 0.309 e. The Bertz CT molecular complexity index is 838. The van der Waals surface area contributed by atoms with Crippen LogP contribution in [-0.2, 0) is 19.1 Å². The molecule has 28 heavy (non-hydrogen) atoms. The Morgan fingerprint density at radius 3 is 2.32 bits per heavy atom. The highest BCUT2D eigenvalue weighted by Gasteiger charge is 2.39. The van der Waals surface area contributed by atoms with Crippen LogP contribution in [-0.4, -0.2) is 41.7 Å². The minimum atomic E-state index is -0.779. The second-order valence-electron chi connectivity index (χ2n) is 6.01. The van der Waals surface area contributed by atoms with E-state index < -0.39 is 45.0 Å². The van der Waals surface area contributed by atoms with E-state index >= 15 is 0 Å². The molecule has 0 aromatic heterocycles. The molecular weight excluding hydrogens is 376 g/mol. The Morgan fingerprint density at radius 1 is 1.11 bits per heavy atom. The third-order valence-corrected chi connectivity index (χ3v) is 4.42. The number of carbonyl (C=O) groups excluding carboxylic acids is 2. The Hall–Kier alpha value is -3.57. The van der Waals surface area contributed by atoms with Crippen molar-refractivity contribution >= 4 is 34.7 Å². The van der Waals surface area contributed by atoms with Crippen LogP contribution in [0.1, 0.15) is 19.3 Å². The molecule has 1 aromatic carbocycles. The molecule has 1 aliphatic carbocycles. The van der Waals surface area contributed by atoms with Gasteiger partial charge in [0.2, 0.25) is 0 Å². The van der Waals surface area contributed by atoms with Gasteiger partial charge in [0.1, 0.15) is 5.69 Å². The molecule has 2 atom stereocenters. The Balaban J connectivity index is 2.22. The van der Waals surface area contributed by atoms with Gasteiger partial charge in [0.15, 0.2) is 0 Å². The number of nitrogens with zero attached hydrogens (tertiary/aromatic N) is 3. The fraction of sp³-hybridized carbons (Fsp3) is 0.438. The summed E-state index contributed by atoms with van der Waals surface area (Å²) in [6.45, 7) is 0. The van der Waals surface area contributed by atoms with Crippen molar-refractivity contribution in [1.29, 1.82) is 0 Å². The highest BCUT2D eigenvalue weighted by molar-refractivity contribution is 5.93. The van der Waals surface area contributed by atoms with E-state index in [4.69, 9.17) is 9.47 Å². The summed E-state index contributed by atoms with van der Waals surface area (Å²) in [5, 5.41) is 26.0. The lowest BCUT2D eigenvalue weighted by Gasteiger charge is -2.28. The Labute approximate surface area is 158 Å². The zero-order chi connectivity index (χ0) is 20.8. The predicted molar refractivity (Wildman–Crippen MR) is 95.7 cm³/mol. The number of nitro benzene ring substituents is 2. The number of methoxy groups -OCH3 is 2. The van der Waals surface area contributed by atoms with E-state index in [0.717, 1.165) is 12.1 Å². The van der Waals surface area contributed by atoms with Crippen LogP contribution in [0.5, 0.6) is 0 Å². The number of ether oxygens (including phenoxy) is 2. The largest absolute Gasteiger partial charge is 0.469 e. The molecule has 1 aliphatic rings. The fourth-order valence-corrected chi connectivity index (χ4v) is 2.97. The summed E-state index contributed by atoms with van der Waals surface area (Å²) in [6, 6.07) is 3.12. The predicted octanol–water partition coefficient (Wildman–Crippen LogP) is 2.03. The van der Waals surface area contributed by atoms with Crippen molar-refractivity contribution < 1.29 is 28.9 Å². The number of hydrazone groups is 1. The molecule has 0 spiro atoms. The van der Waals surface area contributed by atoms with Gasteiger partial charge in [-0.05, 0) is 18.9 Å². The summed E-state index contributed by atoms with van der Waals surface area (Å²) in [7, 11) is 2.44. The standard InChI is InChI=1S/C16H18N4O8/c1-27-15(21)11-5-3-9(7-12(11)16(22)28-2)17-18-13-6-4-10(19(23)24)8-14(13)20(25)26/h4,6,8,11-12,18H,3,5,7H2,1-2H3/b17-9+. The number of hydrogen-bond donors (Lipinski definition) is 1. The molecule has 2 rings (SSSR count). The first kappa shape index (κ1) is 20.7. The molecule has 1 fully saturated rings. The number of benzene rings is 1. The van der Waals surface area contributed by atoms with E-state index in [-0.39, 0.29) is 12.1 Å². The van der Waals surface area contributed by atoms with E-state index in [1.165, 1.54) is 20.3 Å². The van der Waals surface area contributed by atoms with Crippen molar-refractivity contribution in [3.8, 4) is 0 Å². The van der Waals surface area contributed by atoms with Crippen LogP contribution in [0, 0.1) is 32.1 Å². The molecule has 12 heteroatoms. The molecule has 0 amide bonds. The molecule has 0 radical (unpaired) electrons. The summed E-state index contributed by atoms with van der Waals surface area (Å²) in [4.78, 5) is 44.3. The second-order valence-corrected chi connectivity index (χ2v) is 6.01. The normalized spacial score (nSPS) is 20.3. The van der Waals surface area contributed by atoms with Gasteiger partial charge in [-0.1, -0.05) is 0 Å². The average Bonchev–Trinajstić information content (AvgIpc) is 2.70. The number of esters is 2. The van der Waals surface area contributed by atoms with Gasteiger partial charge in [0.25, 0.3) is 5.69 Å². The number of carbonyl (C=O) groups is 2. The van der Waals surface area contributed by atoms with E-state index in [9.17, 15) is 29.8 Å². The zero-order valence-corrected chi connectivity index (χ0v) is 15.1. The van der Waals surface area contributed by atoms with E-state index in [2.05, 4.69) is 10.5 Å². The maximum atomic E-state index is 12.0. The fourth-order valence-electron chi connectivity index (χ4n) is 2.97. The van der Waals surface area contributed by atoms with Gasteiger partial charge in [-0.15, -0.1) is 0 Å².